The van der Waals surface area contributed by atoms with Crippen LogP contribution in [0, 0.1) is 23.2 Å². The van der Waals surface area contributed by atoms with Crippen LogP contribution in [0.3, 0.4) is 0 Å². The number of rotatable bonds is 16. The van der Waals surface area contributed by atoms with Crippen LogP contribution >= 0.6 is 0 Å². The molecule has 4 rings (SSSR count). The van der Waals surface area contributed by atoms with E-state index in [4.69, 9.17) is 9.47 Å². The largest absolute Gasteiger partial charge is 0.459 e. The van der Waals surface area contributed by atoms with E-state index >= 15 is 0 Å². The van der Waals surface area contributed by atoms with Crippen molar-refractivity contribution in [2.45, 2.75) is 136 Å². The molecule has 1 saturated heterocycles. The van der Waals surface area contributed by atoms with Crippen molar-refractivity contribution in [3.63, 3.8) is 0 Å². The second-order valence-electron chi connectivity index (χ2n) is 17.1. The Bertz CT molecular complexity index is 1510. The number of hydrogen-bond acceptors (Lipinski definition) is 8. The summed E-state index contributed by atoms with van der Waals surface area (Å²) < 4.78 is 11.2. The van der Waals surface area contributed by atoms with Gasteiger partial charge in [-0.3, -0.25) is 24.0 Å². The van der Waals surface area contributed by atoms with E-state index in [9.17, 15) is 28.8 Å². The molecule has 3 N–H and O–H groups in total. The van der Waals surface area contributed by atoms with Gasteiger partial charge in [-0.15, -0.1) is 6.58 Å². The van der Waals surface area contributed by atoms with Gasteiger partial charge in [0.05, 0.1) is 12.5 Å². The number of alkyl carbamates (subject to hydrolysis) is 1. The summed E-state index contributed by atoms with van der Waals surface area (Å²) in [5.41, 5.74) is -0.719. The van der Waals surface area contributed by atoms with Gasteiger partial charge in [-0.05, 0) is 89.0 Å². The maximum atomic E-state index is 14.4. The van der Waals surface area contributed by atoms with Gasteiger partial charge >= 0.3 is 12.1 Å². The van der Waals surface area contributed by atoms with Crippen molar-refractivity contribution in [3.8, 4) is 0 Å². The lowest BCUT2D eigenvalue weighted by Crippen LogP contribution is -2.59. The summed E-state index contributed by atoms with van der Waals surface area (Å²) in [7, 11) is 0. The van der Waals surface area contributed by atoms with E-state index < -0.39 is 59.0 Å². The number of ketones is 1. The summed E-state index contributed by atoms with van der Waals surface area (Å²) in [6, 6.07) is 6.72. The zero-order valence-corrected chi connectivity index (χ0v) is 32.6. The monoisotopic (exact) mass is 736 g/mol. The summed E-state index contributed by atoms with van der Waals surface area (Å²) in [5.74, 6) is -3.34. The van der Waals surface area contributed by atoms with Crippen LogP contribution in [0.4, 0.5) is 4.79 Å². The average Bonchev–Trinajstić information content (AvgIpc) is 3.38. The molecule has 0 radical (unpaired) electrons. The number of carbonyl (C=O) groups is 6. The van der Waals surface area contributed by atoms with E-state index in [0.717, 1.165) is 37.7 Å². The molecule has 1 aromatic rings. The van der Waals surface area contributed by atoms with Crippen molar-refractivity contribution < 1.29 is 38.2 Å². The predicted molar refractivity (Wildman–Crippen MR) is 200 cm³/mol. The highest BCUT2D eigenvalue weighted by molar-refractivity contribution is 6.38. The summed E-state index contributed by atoms with van der Waals surface area (Å²) in [6.07, 6.45) is 6.24. The Hall–Kier alpha value is -4.22. The fraction of sp³-hybridized carbons (Fsp3) is 0.659. The van der Waals surface area contributed by atoms with Crippen LogP contribution < -0.4 is 16.0 Å². The molecular weight excluding hydrogens is 676 g/mol. The molecule has 1 aromatic carbocycles. The van der Waals surface area contributed by atoms with Gasteiger partial charge in [0.1, 0.15) is 23.3 Å². The molecular formula is C41H60N4O8. The molecule has 0 spiro atoms. The van der Waals surface area contributed by atoms with Gasteiger partial charge in [0, 0.05) is 19.5 Å². The second kappa shape index (κ2) is 17.3. The Labute approximate surface area is 314 Å². The molecule has 2 aliphatic carbocycles. The average molecular weight is 737 g/mol. The third-order valence-corrected chi connectivity index (χ3v) is 10.8. The molecule has 2 unspecified atom stereocenters. The normalized spacial score (nSPS) is 22.0. The number of fused-ring (bicyclic) bond motifs is 1. The third kappa shape index (κ3) is 11.1. The number of carbonyl (C=O) groups excluding carboxylic acids is 6. The highest BCUT2D eigenvalue weighted by atomic mass is 16.6. The second-order valence-corrected chi connectivity index (χ2v) is 17.1. The maximum Gasteiger partial charge on any atom is 0.408 e. The number of Topliss-reactive ketones (excluding diaryl/α,β-unsaturated/α-hetero) is 1. The molecule has 12 heteroatoms. The van der Waals surface area contributed by atoms with Gasteiger partial charge in [0.15, 0.2) is 0 Å². The van der Waals surface area contributed by atoms with Gasteiger partial charge in [-0.1, -0.05) is 69.5 Å². The predicted octanol–water partition coefficient (Wildman–Crippen LogP) is 5.03. The van der Waals surface area contributed by atoms with E-state index in [1.54, 1.807) is 31.7 Å². The number of benzene rings is 1. The number of hydrogen-bond donors (Lipinski definition) is 3. The zero-order chi connectivity index (χ0) is 39.1. The van der Waals surface area contributed by atoms with E-state index in [2.05, 4.69) is 36.4 Å². The van der Waals surface area contributed by atoms with Crippen LogP contribution in [0.5, 0.6) is 0 Å². The van der Waals surface area contributed by atoms with E-state index in [-0.39, 0.29) is 48.5 Å². The lowest BCUT2D eigenvalue weighted by molar-refractivity contribution is -0.156. The molecule has 4 amide bonds. The maximum absolute atomic E-state index is 14.4. The molecule has 0 aromatic heterocycles. The molecule has 3 fully saturated rings. The van der Waals surface area contributed by atoms with Crippen molar-refractivity contribution in [2.24, 2.45) is 23.2 Å². The van der Waals surface area contributed by atoms with E-state index in [0.29, 0.717) is 19.4 Å². The quantitative estimate of drug-likeness (QED) is 0.121. The van der Waals surface area contributed by atoms with Gasteiger partial charge in [-0.2, -0.15) is 0 Å². The Kier molecular flexibility index (Phi) is 13.5. The van der Waals surface area contributed by atoms with Crippen LogP contribution in [-0.4, -0.2) is 82.9 Å². The Morgan fingerprint density at radius 2 is 1.62 bits per heavy atom. The minimum Gasteiger partial charge on any atom is -0.459 e. The van der Waals surface area contributed by atoms with Crippen molar-refractivity contribution in [3.05, 3.63) is 48.6 Å². The van der Waals surface area contributed by atoms with Crippen LogP contribution in [0.15, 0.2) is 43.0 Å². The molecule has 2 saturated carbocycles. The minimum atomic E-state index is -1.18. The lowest BCUT2D eigenvalue weighted by Gasteiger charge is -2.37. The van der Waals surface area contributed by atoms with Crippen molar-refractivity contribution >= 4 is 35.6 Å². The number of piperidine rings is 1. The Morgan fingerprint density at radius 1 is 0.962 bits per heavy atom. The lowest BCUT2D eigenvalue weighted by atomic mass is 9.83. The third-order valence-electron chi connectivity index (χ3n) is 10.8. The van der Waals surface area contributed by atoms with Gasteiger partial charge in [0.25, 0.3) is 5.91 Å². The van der Waals surface area contributed by atoms with E-state index in [1.807, 2.05) is 44.2 Å². The first-order valence-corrected chi connectivity index (χ1v) is 19.1. The number of allylic oxidation sites excluding steroid dienone is 1. The summed E-state index contributed by atoms with van der Waals surface area (Å²) >= 11 is 0. The number of nitrogens with one attached hydrogen (secondary N) is 3. The topological polar surface area (TPSA) is 160 Å². The highest BCUT2D eigenvalue weighted by Crippen LogP contribution is 2.65. The number of amides is 4. The molecule has 12 nitrogen and oxygen atoms in total. The van der Waals surface area contributed by atoms with Crippen LogP contribution in [0.25, 0.3) is 0 Å². The SMILES string of the molecule is C=CCCC(NC(=O)[C@@H]1[C@@H]2C(CN1C(=O)[C@@H](NC(=O)OC(C)(C)C)C1CCCCC1)C2(C)C)C(=O)C(=O)NCCC(=O)OC(C)(C)Cc1ccccc1. The van der Waals surface area contributed by atoms with Gasteiger partial charge in [0.2, 0.25) is 17.6 Å². The van der Waals surface area contributed by atoms with E-state index in [1.165, 1.54) is 0 Å². The first-order valence-electron chi connectivity index (χ1n) is 19.1. The summed E-state index contributed by atoms with van der Waals surface area (Å²) in [5, 5.41) is 8.16. The Morgan fingerprint density at radius 3 is 2.25 bits per heavy atom. The summed E-state index contributed by atoms with van der Waals surface area (Å²) in [4.78, 5) is 82.2. The number of esters is 1. The van der Waals surface area contributed by atoms with Gasteiger partial charge < -0.3 is 30.3 Å². The Balaban J connectivity index is 1.41. The molecule has 292 valence electrons. The van der Waals surface area contributed by atoms with Gasteiger partial charge in [-0.25, -0.2) is 4.79 Å². The number of ether oxygens (including phenoxy) is 2. The van der Waals surface area contributed by atoms with Crippen molar-refractivity contribution in [1.29, 1.82) is 0 Å². The van der Waals surface area contributed by atoms with Crippen molar-refractivity contribution in [2.75, 3.05) is 13.1 Å². The molecule has 5 atom stereocenters. The first kappa shape index (κ1) is 41.5. The number of likely N-dealkylation sites (tertiary alicyclic amines) is 1. The molecule has 0 bridgehead atoms. The standard InChI is InChI=1S/C41H60N4O8/c1-9-10-21-29(34(47)36(49)42-23-22-30(46)52-40(5,6)24-26-17-13-11-14-18-26)43-35(48)33-31-28(41(31,7)8)25-45(33)37(50)32(27-19-15-12-16-20-27)44-38(51)53-39(2,3)4/h9,11,13-14,17-18,27-29,31-33H,1,10,12,15-16,19-25H2,2-8H3,(H,42,49)(H,43,48)(H,44,51)/t28?,29?,31-,32-,33-/m0/s1. The van der Waals surface area contributed by atoms with Crippen LogP contribution in [0.2, 0.25) is 0 Å². The number of nitrogens with zero attached hydrogens (tertiary/aromatic N) is 1. The highest BCUT2D eigenvalue weighted by Gasteiger charge is 2.69. The molecule has 1 heterocycles. The van der Waals surface area contributed by atoms with Crippen LogP contribution in [-0.2, 0) is 39.9 Å². The fourth-order valence-electron chi connectivity index (χ4n) is 8.09. The summed E-state index contributed by atoms with van der Waals surface area (Å²) in [6.45, 7) is 17.0. The molecule has 1 aliphatic heterocycles. The first-order chi connectivity index (χ1) is 24.8. The van der Waals surface area contributed by atoms with Crippen LogP contribution in [0.1, 0.15) is 105 Å². The zero-order valence-electron chi connectivity index (χ0n) is 32.6. The van der Waals surface area contributed by atoms with Crippen molar-refractivity contribution in [1.82, 2.24) is 20.9 Å². The molecule has 3 aliphatic rings. The minimum absolute atomic E-state index is 0.0683. The molecule has 53 heavy (non-hydrogen) atoms. The smallest absolute Gasteiger partial charge is 0.408 e. The fourth-order valence-corrected chi connectivity index (χ4v) is 8.09.